The first-order chi connectivity index (χ1) is 36.5. The first-order valence-corrected chi connectivity index (χ1v) is 31.9. The second-order valence-corrected chi connectivity index (χ2v) is 21.3. The highest BCUT2D eigenvalue weighted by Crippen LogP contribution is 2.17. The Morgan fingerprint density at radius 2 is 0.527 bits per heavy atom. The van der Waals surface area contributed by atoms with Crippen LogP contribution in [0.25, 0.3) is 0 Å². The number of carbonyl (C=O) groups excluding carboxylic acids is 3. The number of allylic oxidation sites excluding steroid dienone is 12. The van der Waals surface area contributed by atoms with E-state index in [0.717, 1.165) is 109 Å². The van der Waals surface area contributed by atoms with Crippen molar-refractivity contribution in [3.8, 4) is 0 Å². The van der Waals surface area contributed by atoms with Gasteiger partial charge in [-0.05, 0) is 89.9 Å². The molecule has 0 N–H and O–H groups in total. The predicted octanol–water partition coefficient (Wildman–Crippen LogP) is 21.7. The number of carbonyl (C=O) groups is 3. The third kappa shape index (κ3) is 59.7. The van der Waals surface area contributed by atoms with Crippen molar-refractivity contribution in [3.05, 3.63) is 72.9 Å². The molecule has 0 aromatic carbocycles. The van der Waals surface area contributed by atoms with Crippen LogP contribution >= 0.6 is 0 Å². The Morgan fingerprint density at radius 3 is 0.851 bits per heavy atom. The molecule has 1 atom stereocenters. The largest absolute Gasteiger partial charge is 0.462 e. The van der Waals surface area contributed by atoms with Crippen LogP contribution in [0.2, 0.25) is 0 Å². The fourth-order valence-electron chi connectivity index (χ4n) is 9.17. The Labute approximate surface area is 459 Å². The SMILES string of the molecule is CC/C=C\C/C=C\C/C=C\C/C=C\CCCCCCCCCCC(=O)OCC(COC(=O)CCCCCCC/C=C\C/C=C\CCCCC)OC(=O)CCCCCCCCCCCCCCCCCCCCCC. The van der Waals surface area contributed by atoms with E-state index in [1.807, 2.05) is 0 Å². The molecule has 0 rings (SSSR count). The number of hydrogen-bond donors (Lipinski definition) is 0. The third-order valence-electron chi connectivity index (χ3n) is 13.9. The van der Waals surface area contributed by atoms with E-state index < -0.39 is 6.10 Å². The zero-order chi connectivity index (χ0) is 53.6. The van der Waals surface area contributed by atoms with Crippen molar-refractivity contribution in [1.82, 2.24) is 0 Å². The smallest absolute Gasteiger partial charge is 0.306 e. The number of esters is 3. The fraction of sp³-hybridized carbons (Fsp3) is 0.779. The summed E-state index contributed by atoms with van der Waals surface area (Å²) in [4.78, 5) is 38.3. The lowest BCUT2D eigenvalue weighted by Gasteiger charge is -2.18. The Morgan fingerprint density at radius 1 is 0.284 bits per heavy atom. The van der Waals surface area contributed by atoms with Gasteiger partial charge in [-0.1, -0.05) is 286 Å². The second kappa shape index (κ2) is 62.4. The summed E-state index contributed by atoms with van der Waals surface area (Å²) in [5.41, 5.74) is 0. The summed E-state index contributed by atoms with van der Waals surface area (Å²) in [7, 11) is 0. The van der Waals surface area contributed by atoms with Crippen molar-refractivity contribution in [2.45, 2.75) is 329 Å². The van der Waals surface area contributed by atoms with Gasteiger partial charge in [-0.15, -0.1) is 0 Å². The zero-order valence-corrected chi connectivity index (χ0v) is 49.1. The van der Waals surface area contributed by atoms with Crippen molar-refractivity contribution in [2.24, 2.45) is 0 Å². The molecule has 6 heteroatoms. The average Bonchev–Trinajstić information content (AvgIpc) is 3.40. The van der Waals surface area contributed by atoms with Crippen LogP contribution in [0.15, 0.2) is 72.9 Å². The van der Waals surface area contributed by atoms with Crippen LogP contribution in [0.1, 0.15) is 323 Å². The summed E-state index contributed by atoms with van der Waals surface area (Å²) in [5.74, 6) is -0.886. The Hall–Kier alpha value is -3.15. The van der Waals surface area contributed by atoms with E-state index in [4.69, 9.17) is 14.2 Å². The average molecular weight is 1030 g/mol. The van der Waals surface area contributed by atoms with Crippen LogP contribution in [0.3, 0.4) is 0 Å². The van der Waals surface area contributed by atoms with E-state index in [-0.39, 0.29) is 31.1 Å². The summed E-state index contributed by atoms with van der Waals surface area (Å²) in [5, 5.41) is 0. The summed E-state index contributed by atoms with van der Waals surface area (Å²) in [6.45, 7) is 6.53. The second-order valence-electron chi connectivity index (χ2n) is 21.3. The third-order valence-corrected chi connectivity index (χ3v) is 13.9. The molecule has 0 bridgehead atoms. The van der Waals surface area contributed by atoms with Crippen LogP contribution in [0.5, 0.6) is 0 Å². The summed E-state index contributed by atoms with van der Waals surface area (Å²) < 4.78 is 16.9. The predicted molar refractivity (Wildman–Crippen MR) is 321 cm³/mol. The molecule has 0 aromatic heterocycles. The van der Waals surface area contributed by atoms with Crippen LogP contribution in [0.4, 0.5) is 0 Å². The van der Waals surface area contributed by atoms with Gasteiger partial charge < -0.3 is 14.2 Å². The molecule has 6 nitrogen and oxygen atoms in total. The number of ether oxygens (including phenoxy) is 3. The van der Waals surface area contributed by atoms with Gasteiger partial charge in [0.1, 0.15) is 13.2 Å². The molecule has 0 spiro atoms. The van der Waals surface area contributed by atoms with Gasteiger partial charge in [0.2, 0.25) is 0 Å². The molecular formula is C68H120O6. The fourth-order valence-corrected chi connectivity index (χ4v) is 9.17. The van der Waals surface area contributed by atoms with Crippen molar-refractivity contribution < 1.29 is 28.6 Å². The lowest BCUT2D eigenvalue weighted by Crippen LogP contribution is -2.30. The van der Waals surface area contributed by atoms with E-state index in [1.54, 1.807) is 0 Å². The quantitative estimate of drug-likeness (QED) is 0.0261. The summed E-state index contributed by atoms with van der Waals surface area (Å²) in [6, 6.07) is 0. The van der Waals surface area contributed by atoms with E-state index in [9.17, 15) is 14.4 Å². The van der Waals surface area contributed by atoms with Gasteiger partial charge in [0, 0.05) is 19.3 Å². The minimum absolute atomic E-state index is 0.0816. The van der Waals surface area contributed by atoms with Crippen LogP contribution < -0.4 is 0 Å². The topological polar surface area (TPSA) is 78.9 Å². The molecule has 428 valence electrons. The Kier molecular flexibility index (Phi) is 59.7. The van der Waals surface area contributed by atoms with Crippen molar-refractivity contribution in [2.75, 3.05) is 13.2 Å². The molecule has 0 aliphatic rings. The van der Waals surface area contributed by atoms with Gasteiger partial charge in [-0.25, -0.2) is 0 Å². The minimum Gasteiger partial charge on any atom is -0.462 e. The number of hydrogen-bond acceptors (Lipinski definition) is 6. The molecule has 0 saturated carbocycles. The number of rotatable bonds is 58. The lowest BCUT2D eigenvalue weighted by atomic mass is 10.0. The maximum absolute atomic E-state index is 12.9. The maximum atomic E-state index is 12.9. The van der Waals surface area contributed by atoms with E-state index in [1.165, 1.54) is 173 Å². The van der Waals surface area contributed by atoms with Crippen molar-refractivity contribution in [3.63, 3.8) is 0 Å². The highest BCUT2D eigenvalue weighted by atomic mass is 16.6. The molecule has 0 aromatic rings. The van der Waals surface area contributed by atoms with E-state index in [2.05, 4.69) is 93.7 Å². The van der Waals surface area contributed by atoms with Gasteiger partial charge in [-0.2, -0.15) is 0 Å². The van der Waals surface area contributed by atoms with Crippen LogP contribution in [-0.4, -0.2) is 37.2 Å². The Balaban J connectivity index is 4.36. The van der Waals surface area contributed by atoms with Crippen molar-refractivity contribution >= 4 is 17.9 Å². The Bertz CT molecular complexity index is 1370. The molecule has 0 amide bonds. The van der Waals surface area contributed by atoms with Gasteiger partial charge in [0.05, 0.1) is 0 Å². The molecule has 0 fully saturated rings. The molecule has 1 unspecified atom stereocenters. The first kappa shape index (κ1) is 70.8. The molecule has 0 radical (unpaired) electrons. The van der Waals surface area contributed by atoms with Crippen LogP contribution in [0, 0.1) is 0 Å². The monoisotopic (exact) mass is 1030 g/mol. The first-order valence-electron chi connectivity index (χ1n) is 31.9. The molecule has 0 aliphatic carbocycles. The summed E-state index contributed by atoms with van der Waals surface area (Å²) >= 11 is 0. The molecule has 0 heterocycles. The normalized spacial score (nSPS) is 12.5. The van der Waals surface area contributed by atoms with E-state index >= 15 is 0 Å². The molecule has 0 saturated heterocycles. The minimum atomic E-state index is -0.784. The molecule has 0 aliphatic heterocycles. The standard InChI is InChI=1S/C68H120O6/c1-4-7-10-13-16-19-22-25-28-30-32-34-36-37-40-43-46-49-52-55-58-61-67(70)73-64-65(63-72-66(69)60-57-54-51-48-45-42-39-27-24-21-18-15-12-9-6-3)74-68(71)62-59-56-53-50-47-44-41-38-35-33-31-29-26-23-20-17-14-11-8-5-2/h7,10,16,18-19,21,25,27-28,32,34,39,65H,4-6,8-9,11-15,17,20,22-24,26,29-31,33,35-38,40-64H2,1-3H3/b10-7-,19-16-,21-18-,28-25-,34-32-,39-27-. The maximum Gasteiger partial charge on any atom is 0.306 e. The highest BCUT2D eigenvalue weighted by molar-refractivity contribution is 5.71. The summed E-state index contributed by atoms with van der Waals surface area (Å²) in [6.07, 6.45) is 80.4. The van der Waals surface area contributed by atoms with Gasteiger partial charge in [0.25, 0.3) is 0 Å². The van der Waals surface area contributed by atoms with Crippen molar-refractivity contribution in [1.29, 1.82) is 0 Å². The molecular weight excluding hydrogens is 913 g/mol. The van der Waals surface area contributed by atoms with Crippen LogP contribution in [-0.2, 0) is 28.6 Å². The zero-order valence-electron chi connectivity index (χ0n) is 49.1. The van der Waals surface area contributed by atoms with E-state index in [0.29, 0.717) is 19.3 Å². The van der Waals surface area contributed by atoms with Gasteiger partial charge >= 0.3 is 17.9 Å². The lowest BCUT2D eigenvalue weighted by molar-refractivity contribution is -0.167. The van der Waals surface area contributed by atoms with Gasteiger partial charge in [0.15, 0.2) is 6.10 Å². The number of unbranched alkanes of at least 4 members (excludes halogenated alkanes) is 35. The van der Waals surface area contributed by atoms with Gasteiger partial charge in [-0.3, -0.25) is 14.4 Å². The molecule has 74 heavy (non-hydrogen) atoms. The highest BCUT2D eigenvalue weighted by Gasteiger charge is 2.19.